The second-order valence-electron chi connectivity index (χ2n) is 7.28. The van der Waals surface area contributed by atoms with Gasteiger partial charge in [0.15, 0.2) is 0 Å². The van der Waals surface area contributed by atoms with E-state index in [2.05, 4.69) is 10.00 Å². The third-order valence-corrected chi connectivity index (χ3v) is 5.19. The minimum atomic E-state index is -0.159. The maximum atomic E-state index is 12.8. The number of hydrogen-bond acceptors (Lipinski definition) is 4. The van der Waals surface area contributed by atoms with Gasteiger partial charge < -0.3 is 9.80 Å². The summed E-state index contributed by atoms with van der Waals surface area (Å²) in [5, 5.41) is 4.59. The van der Waals surface area contributed by atoms with E-state index in [1.807, 2.05) is 66.4 Å². The summed E-state index contributed by atoms with van der Waals surface area (Å²) >= 11 is 0. The van der Waals surface area contributed by atoms with Gasteiger partial charge >= 0.3 is 0 Å². The van der Waals surface area contributed by atoms with E-state index in [-0.39, 0.29) is 11.5 Å². The molecule has 0 saturated carbocycles. The zero-order chi connectivity index (χ0) is 20.2. The van der Waals surface area contributed by atoms with Crippen LogP contribution in [0.15, 0.2) is 71.5 Å². The summed E-state index contributed by atoms with van der Waals surface area (Å²) in [5.74, 6) is 0.809. The van der Waals surface area contributed by atoms with E-state index in [1.54, 1.807) is 12.1 Å². The Balaban J connectivity index is 1.52. The van der Waals surface area contributed by atoms with Crippen molar-refractivity contribution in [2.75, 3.05) is 31.1 Å². The predicted octanol–water partition coefficient (Wildman–Crippen LogP) is 2.89. The smallest absolute Gasteiger partial charge is 0.271 e. The normalized spacial score (nSPS) is 14.5. The lowest BCUT2D eigenvalue weighted by molar-refractivity contribution is 0.0767. The number of aryl methyl sites for hydroxylation is 1. The first-order chi connectivity index (χ1) is 14.1. The minimum absolute atomic E-state index is 0.0602. The van der Waals surface area contributed by atoms with Crippen LogP contribution in [0.1, 0.15) is 22.3 Å². The van der Waals surface area contributed by atoms with Crippen molar-refractivity contribution in [3.8, 4) is 5.69 Å². The summed E-state index contributed by atoms with van der Waals surface area (Å²) in [7, 11) is 0. The molecule has 1 aromatic heterocycles. The molecular weight excluding hydrogens is 364 g/mol. The standard InChI is InChI=1S/C23H24N4O2/c1-18-8-10-20(11-9-18)27-22(28)13-12-21(24-27)25-14-5-15-26(17-16-25)23(29)19-6-3-2-4-7-19/h2-4,6-13H,5,14-17H2,1H3. The Morgan fingerprint density at radius 2 is 1.62 bits per heavy atom. The van der Waals surface area contributed by atoms with Crippen molar-refractivity contribution >= 4 is 11.7 Å². The van der Waals surface area contributed by atoms with E-state index >= 15 is 0 Å². The van der Waals surface area contributed by atoms with E-state index in [0.29, 0.717) is 25.2 Å². The third-order valence-electron chi connectivity index (χ3n) is 5.19. The average molecular weight is 388 g/mol. The van der Waals surface area contributed by atoms with Crippen molar-refractivity contribution in [3.05, 3.63) is 88.2 Å². The maximum Gasteiger partial charge on any atom is 0.271 e. The molecule has 0 unspecified atom stereocenters. The van der Waals surface area contributed by atoms with Crippen molar-refractivity contribution in [2.45, 2.75) is 13.3 Å². The molecule has 0 spiro atoms. The van der Waals surface area contributed by atoms with Crippen LogP contribution in [0.4, 0.5) is 5.82 Å². The van der Waals surface area contributed by atoms with Crippen molar-refractivity contribution < 1.29 is 4.79 Å². The highest BCUT2D eigenvalue weighted by atomic mass is 16.2. The van der Waals surface area contributed by atoms with Crippen molar-refractivity contribution in [2.24, 2.45) is 0 Å². The maximum absolute atomic E-state index is 12.8. The molecule has 29 heavy (non-hydrogen) atoms. The molecule has 6 nitrogen and oxygen atoms in total. The van der Waals surface area contributed by atoms with Crippen LogP contribution >= 0.6 is 0 Å². The number of rotatable bonds is 3. The number of aromatic nitrogens is 2. The van der Waals surface area contributed by atoms with Crippen molar-refractivity contribution in [1.29, 1.82) is 0 Å². The first-order valence-corrected chi connectivity index (χ1v) is 9.88. The van der Waals surface area contributed by atoms with Crippen LogP contribution < -0.4 is 10.5 Å². The lowest BCUT2D eigenvalue weighted by Gasteiger charge is -2.23. The molecule has 1 fully saturated rings. The predicted molar refractivity (Wildman–Crippen MR) is 114 cm³/mol. The van der Waals surface area contributed by atoms with E-state index in [1.165, 1.54) is 4.68 Å². The second kappa shape index (κ2) is 8.31. The Morgan fingerprint density at radius 3 is 2.38 bits per heavy atom. The number of nitrogens with zero attached hydrogens (tertiary/aromatic N) is 4. The SMILES string of the molecule is Cc1ccc(-n2nc(N3CCCN(C(=O)c4ccccc4)CC3)ccc2=O)cc1. The minimum Gasteiger partial charge on any atom is -0.353 e. The van der Waals surface area contributed by atoms with E-state index in [4.69, 9.17) is 0 Å². The summed E-state index contributed by atoms with van der Waals surface area (Å²) in [6, 6.07) is 20.4. The quantitative estimate of drug-likeness (QED) is 0.692. The van der Waals surface area contributed by atoms with Gasteiger partial charge in [0.05, 0.1) is 5.69 Å². The number of carbonyl (C=O) groups is 1. The highest BCUT2D eigenvalue weighted by Crippen LogP contribution is 2.15. The van der Waals surface area contributed by atoms with Crippen LogP contribution in [-0.4, -0.2) is 46.8 Å². The highest BCUT2D eigenvalue weighted by molar-refractivity contribution is 5.94. The lowest BCUT2D eigenvalue weighted by Crippen LogP contribution is -2.36. The van der Waals surface area contributed by atoms with E-state index in [9.17, 15) is 9.59 Å². The molecule has 1 saturated heterocycles. The van der Waals surface area contributed by atoms with Crippen LogP contribution in [0.5, 0.6) is 0 Å². The van der Waals surface area contributed by atoms with Gasteiger partial charge in [-0.1, -0.05) is 35.9 Å². The van der Waals surface area contributed by atoms with Crippen molar-refractivity contribution in [1.82, 2.24) is 14.7 Å². The summed E-state index contributed by atoms with van der Waals surface area (Å²) < 4.78 is 1.44. The summed E-state index contributed by atoms with van der Waals surface area (Å²) in [6.07, 6.45) is 0.851. The van der Waals surface area contributed by atoms with E-state index < -0.39 is 0 Å². The lowest BCUT2D eigenvalue weighted by atomic mass is 10.2. The first kappa shape index (κ1) is 18.9. The number of hydrogen-bond donors (Lipinski definition) is 0. The molecule has 2 heterocycles. The number of anilines is 1. The van der Waals surface area contributed by atoms with Crippen LogP contribution in [0.25, 0.3) is 5.69 Å². The van der Waals surface area contributed by atoms with Gasteiger partial charge in [-0.25, -0.2) is 0 Å². The van der Waals surface area contributed by atoms with Crippen LogP contribution in [0, 0.1) is 6.92 Å². The number of amides is 1. The molecule has 0 radical (unpaired) electrons. The van der Waals surface area contributed by atoms with Crippen LogP contribution in [0.2, 0.25) is 0 Å². The first-order valence-electron chi connectivity index (χ1n) is 9.88. The molecular formula is C23H24N4O2. The van der Waals surface area contributed by atoms with Crippen LogP contribution in [-0.2, 0) is 0 Å². The molecule has 0 N–H and O–H groups in total. The van der Waals surface area contributed by atoms with Gasteiger partial charge in [0.1, 0.15) is 5.82 Å². The zero-order valence-corrected chi connectivity index (χ0v) is 16.5. The van der Waals surface area contributed by atoms with Gasteiger partial charge in [0, 0.05) is 37.8 Å². The summed E-state index contributed by atoms with van der Waals surface area (Å²) in [6.45, 7) is 4.81. The summed E-state index contributed by atoms with van der Waals surface area (Å²) in [5.41, 5.74) is 2.44. The van der Waals surface area contributed by atoms with Gasteiger partial charge in [-0.2, -0.15) is 4.68 Å². The molecule has 2 aromatic carbocycles. The molecule has 6 heteroatoms. The Hall–Kier alpha value is -3.41. The van der Waals surface area contributed by atoms with Gasteiger partial charge in [0.25, 0.3) is 11.5 Å². The molecule has 0 aliphatic carbocycles. The number of benzene rings is 2. The topological polar surface area (TPSA) is 58.4 Å². The largest absolute Gasteiger partial charge is 0.353 e. The van der Waals surface area contributed by atoms with E-state index in [0.717, 1.165) is 30.0 Å². The van der Waals surface area contributed by atoms with Gasteiger partial charge in [-0.05, 0) is 43.7 Å². The molecule has 1 aliphatic heterocycles. The molecule has 148 valence electrons. The third kappa shape index (κ3) is 4.21. The molecule has 0 atom stereocenters. The molecule has 0 bridgehead atoms. The second-order valence-corrected chi connectivity index (χ2v) is 7.28. The van der Waals surface area contributed by atoms with Gasteiger partial charge in [-0.15, -0.1) is 5.10 Å². The Bertz CT molecular complexity index is 1040. The van der Waals surface area contributed by atoms with Gasteiger partial charge in [-0.3, -0.25) is 9.59 Å². The van der Waals surface area contributed by atoms with Crippen molar-refractivity contribution in [3.63, 3.8) is 0 Å². The monoisotopic (exact) mass is 388 g/mol. The summed E-state index contributed by atoms with van der Waals surface area (Å²) in [4.78, 5) is 29.1. The fourth-order valence-electron chi connectivity index (χ4n) is 3.55. The zero-order valence-electron chi connectivity index (χ0n) is 16.5. The fourth-order valence-corrected chi connectivity index (χ4v) is 3.55. The fraction of sp³-hybridized carbons (Fsp3) is 0.261. The average Bonchev–Trinajstić information content (AvgIpc) is 3.01. The molecule has 3 aromatic rings. The highest BCUT2D eigenvalue weighted by Gasteiger charge is 2.21. The Kier molecular flexibility index (Phi) is 5.42. The Morgan fingerprint density at radius 1 is 0.862 bits per heavy atom. The Labute approximate surface area is 170 Å². The molecule has 1 amide bonds. The molecule has 4 rings (SSSR count). The van der Waals surface area contributed by atoms with Gasteiger partial charge in [0.2, 0.25) is 0 Å². The molecule has 1 aliphatic rings. The van der Waals surface area contributed by atoms with Crippen LogP contribution in [0.3, 0.4) is 0 Å². The number of carbonyl (C=O) groups excluding carboxylic acids is 1.